The van der Waals surface area contributed by atoms with E-state index in [9.17, 15) is 4.79 Å². The molecule has 1 heterocycles. The van der Waals surface area contributed by atoms with E-state index >= 15 is 0 Å². The number of rotatable bonds is 4. The summed E-state index contributed by atoms with van der Waals surface area (Å²) >= 11 is 0. The van der Waals surface area contributed by atoms with Gasteiger partial charge in [0.2, 0.25) is 0 Å². The molecule has 0 spiro atoms. The summed E-state index contributed by atoms with van der Waals surface area (Å²) in [4.78, 5) is 12.8. The van der Waals surface area contributed by atoms with Crippen molar-refractivity contribution in [1.29, 1.82) is 0 Å². The van der Waals surface area contributed by atoms with Crippen LogP contribution in [-0.2, 0) is 4.79 Å². The molecule has 2 atom stereocenters. The standard InChI is InChI=1S/C10H20N2O2/c1-2-8-5-3-4-6-12(8)7-9(11)10(13)14/h8-9H,2-7,11H2,1H3,(H,13,14). The van der Waals surface area contributed by atoms with Crippen LogP contribution in [0.3, 0.4) is 0 Å². The maximum Gasteiger partial charge on any atom is 0.321 e. The second kappa shape index (κ2) is 5.32. The molecule has 0 aromatic heterocycles. The van der Waals surface area contributed by atoms with Gasteiger partial charge in [0.15, 0.2) is 0 Å². The topological polar surface area (TPSA) is 66.6 Å². The van der Waals surface area contributed by atoms with Crippen LogP contribution in [-0.4, -0.2) is 41.1 Å². The zero-order chi connectivity index (χ0) is 10.6. The molecule has 2 unspecified atom stereocenters. The largest absolute Gasteiger partial charge is 0.480 e. The molecule has 0 saturated carbocycles. The van der Waals surface area contributed by atoms with E-state index in [1.807, 2.05) is 0 Å². The van der Waals surface area contributed by atoms with Crippen LogP contribution in [0.25, 0.3) is 0 Å². The van der Waals surface area contributed by atoms with Gasteiger partial charge in [-0.3, -0.25) is 9.69 Å². The maximum absolute atomic E-state index is 10.6. The molecule has 1 saturated heterocycles. The van der Waals surface area contributed by atoms with Crippen molar-refractivity contribution in [2.45, 2.75) is 44.7 Å². The third-order valence-electron chi connectivity index (χ3n) is 2.97. The second-order valence-corrected chi connectivity index (χ2v) is 4.00. The maximum atomic E-state index is 10.6. The van der Waals surface area contributed by atoms with Crippen LogP contribution in [0.4, 0.5) is 0 Å². The number of hydrogen-bond donors (Lipinski definition) is 2. The van der Waals surface area contributed by atoms with E-state index in [0.29, 0.717) is 12.6 Å². The van der Waals surface area contributed by atoms with E-state index in [0.717, 1.165) is 13.0 Å². The van der Waals surface area contributed by atoms with Crippen LogP contribution >= 0.6 is 0 Å². The summed E-state index contributed by atoms with van der Waals surface area (Å²) in [5.41, 5.74) is 5.52. The minimum absolute atomic E-state index is 0.494. The van der Waals surface area contributed by atoms with Gasteiger partial charge in [-0.25, -0.2) is 0 Å². The van der Waals surface area contributed by atoms with Crippen molar-refractivity contribution in [3.63, 3.8) is 0 Å². The number of aliphatic carboxylic acids is 1. The Bertz CT molecular complexity index is 197. The van der Waals surface area contributed by atoms with Gasteiger partial charge < -0.3 is 10.8 Å². The van der Waals surface area contributed by atoms with Crippen LogP contribution < -0.4 is 5.73 Å². The highest BCUT2D eigenvalue weighted by molar-refractivity contribution is 5.73. The lowest BCUT2D eigenvalue weighted by Gasteiger charge is -2.35. The van der Waals surface area contributed by atoms with E-state index < -0.39 is 12.0 Å². The van der Waals surface area contributed by atoms with Gasteiger partial charge >= 0.3 is 5.97 Å². The third-order valence-corrected chi connectivity index (χ3v) is 2.97. The summed E-state index contributed by atoms with van der Waals surface area (Å²) in [6, 6.07) is -0.198. The molecule has 4 heteroatoms. The molecule has 0 aromatic rings. The van der Waals surface area contributed by atoms with Gasteiger partial charge in [-0.05, 0) is 25.8 Å². The number of hydrogen-bond acceptors (Lipinski definition) is 3. The highest BCUT2D eigenvalue weighted by Crippen LogP contribution is 2.19. The minimum atomic E-state index is -0.898. The minimum Gasteiger partial charge on any atom is -0.480 e. The first-order valence-corrected chi connectivity index (χ1v) is 5.37. The van der Waals surface area contributed by atoms with Crippen molar-refractivity contribution < 1.29 is 9.90 Å². The zero-order valence-corrected chi connectivity index (χ0v) is 8.78. The van der Waals surface area contributed by atoms with E-state index in [4.69, 9.17) is 10.8 Å². The Morgan fingerprint density at radius 1 is 1.64 bits per heavy atom. The molecule has 1 rings (SSSR count). The smallest absolute Gasteiger partial charge is 0.321 e. The summed E-state index contributed by atoms with van der Waals surface area (Å²) < 4.78 is 0. The predicted molar refractivity (Wildman–Crippen MR) is 55.1 cm³/mol. The summed E-state index contributed by atoms with van der Waals surface area (Å²) in [7, 11) is 0. The zero-order valence-electron chi connectivity index (χ0n) is 8.78. The van der Waals surface area contributed by atoms with Crippen molar-refractivity contribution >= 4 is 5.97 Å². The molecule has 0 aliphatic carbocycles. The summed E-state index contributed by atoms with van der Waals surface area (Å²) in [6.07, 6.45) is 4.70. The molecule has 82 valence electrons. The Morgan fingerprint density at radius 2 is 2.36 bits per heavy atom. The predicted octanol–water partition coefficient (Wildman–Crippen LogP) is 0.663. The quantitative estimate of drug-likeness (QED) is 0.699. The Morgan fingerprint density at radius 3 is 2.93 bits per heavy atom. The molecule has 0 radical (unpaired) electrons. The van der Waals surface area contributed by atoms with Gasteiger partial charge in [-0.15, -0.1) is 0 Å². The second-order valence-electron chi connectivity index (χ2n) is 4.00. The fraction of sp³-hybridized carbons (Fsp3) is 0.900. The summed E-state index contributed by atoms with van der Waals surface area (Å²) in [5.74, 6) is -0.898. The number of nitrogens with zero attached hydrogens (tertiary/aromatic N) is 1. The summed E-state index contributed by atoms with van der Waals surface area (Å²) in [6.45, 7) is 3.64. The van der Waals surface area contributed by atoms with Gasteiger partial charge in [-0.2, -0.15) is 0 Å². The SMILES string of the molecule is CCC1CCCCN1CC(N)C(=O)O. The molecule has 14 heavy (non-hydrogen) atoms. The lowest BCUT2D eigenvalue weighted by molar-refractivity contribution is -0.139. The van der Waals surface area contributed by atoms with E-state index in [-0.39, 0.29) is 0 Å². The van der Waals surface area contributed by atoms with Gasteiger partial charge in [0.25, 0.3) is 0 Å². The normalized spacial score (nSPS) is 26.0. The van der Waals surface area contributed by atoms with Crippen LogP contribution in [0.2, 0.25) is 0 Å². The van der Waals surface area contributed by atoms with E-state index in [1.165, 1.54) is 19.3 Å². The lowest BCUT2D eigenvalue weighted by atomic mass is 9.99. The Labute approximate surface area is 85.1 Å². The van der Waals surface area contributed by atoms with Crippen molar-refractivity contribution in [2.75, 3.05) is 13.1 Å². The molecule has 0 bridgehead atoms. The van der Waals surface area contributed by atoms with Gasteiger partial charge in [0.1, 0.15) is 6.04 Å². The van der Waals surface area contributed by atoms with Crippen molar-refractivity contribution in [1.82, 2.24) is 4.90 Å². The number of likely N-dealkylation sites (tertiary alicyclic amines) is 1. The molecule has 4 nitrogen and oxygen atoms in total. The molecule has 3 N–H and O–H groups in total. The van der Waals surface area contributed by atoms with Gasteiger partial charge in [0, 0.05) is 12.6 Å². The highest BCUT2D eigenvalue weighted by Gasteiger charge is 2.24. The van der Waals surface area contributed by atoms with E-state index in [2.05, 4.69) is 11.8 Å². The molecular formula is C10H20N2O2. The molecule has 1 aliphatic heterocycles. The van der Waals surface area contributed by atoms with E-state index in [1.54, 1.807) is 0 Å². The molecule has 0 amide bonds. The average molecular weight is 200 g/mol. The van der Waals surface area contributed by atoms with Crippen LogP contribution in [0, 0.1) is 0 Å². The molecule has 1 fully saturated rings. The lowest BCUT2D eigenvalue weighted by Crippen LogP contribution is -2.48. The van der Waals surface area contributed by atoms with Gasteiger partial charge in [-0.1, -0.05) is 13.3 Å². The molecular weight excluding hydrogens is 180 g/mol. The Kier molecular flexibility index (Phi) is 4.35. The Balaban J connectivity index is 2.44. The number of piperidine rings is 1. The number of nitrogens with two attached hydrogens (primary N) is 1. The summed E-state index contributed by atoms with van der Waals surface area (Å²) in [5, 5.41) is 8.72. The van der Waals surface area contributed by atoms with Crippen LogP contribution in [0.15, 0.2) is 0 Å². The number of carboxylic acid groups (broad SMARTS) is 1. The first kappa shape index (κ1) is 11.5. The van der Waals surface area contributed by atoms with Crippen LogP contribution in [0.1, 0.15) is 32.6 Å². The average Bonchev–Trinajstić information content (AvgIpc) is 2.18. The van der Waals surface area contributed by atoms with Crippen molar-refractivity contribution in [3.05, 3.63) is 0 Å². The first-order chi connectivity index (χ1) is 6.65. The fourth-order valence-electron chi connectivity index (χ4n) is 2.09. The Hall–Kier alpha value is -0.610. The number of carboxylic acids is 1. The molecule has 1 aliphatic rings. The first-order valence-electron chi connectivity index (χ1n) is 5.37. The van der Waals surface area contributed by atoms with Crippen molar-refractivity contribution in [3.8, 4) is 0 Å². The fourth-order valence-corrected chi connectivity index (χ4v) is 2.09. The monoisotopic (exact) mass is 200 g/mol. The number of carbonyl (C=O) groups is 1. The highest BCUT2D eigenvalue weighted by atomic mass is 16.4. The molecule has 0 aromatic carbocycles. The van der Waals surface area contributed by atoms with Crippen LogP contribution in [0.5, 0.6) is 0 Å². The van der Waals surface area contributed by atoms with Crippen molar-refractivity contribution in [2.24, 2.45) is 5.73 Å². The van der Waals surface area contributed by atoms with Gasteiger partial charge in [0.05, 0.1) is 0 Å². The third kappa shape index (κ3) is 2.96.